The number of methoxy groups -OCH3 is 1. The number of ether oxygens (including phenoxy) is 1. The van der Waals surface area contributed by atoms with Gasteiger partial charge in [-0.2, -0.15) is 0 Å². The van der Waals surface area contributed by atoms with Gasteiger partial charge in [0.15, 0.2) is 0 Å². The van der Waals surface area contributed by atoms with E-state index in [1.807, 2.05) is 48.5 Å². The fourth-order valence-electron chi connectivity index (χ4n) is 2.73. The first-order valence-electron chi connectivity index (χ1n) is 7.01. The number of benzene rings is 3. The zero-order valence-corrected chi connectivity index (χ0v) is 12.0. The van der Waals surface area contributed by atoms with Crippen LogP contribution < -0.4 is 4.74 Å². The van der Waals surface area contributed by atoms with Crippen molar-refractivity contribution >= 4 is 21.8 Å². The highest BCUT2D eigenvalue weighted by atomic mass is 16.5. The van der Waals surface area contributed by atoms with Crippen molar-refractivity contribution in [2.45, 2.75) is 0 Å². The standard InChI is InChI=1S/C18H14N2O2/c1-22-12-8-6-11-7-9-16(21)17(13(11)10-12)18-19-14-4-2-3-5-15(14)20-18/h2-10,21H,1H3,(H,19,20). The van der Waals surface area contributed by atoms with Crippen LogP contribution in [0.2, 0.25) is 0 Å². The summed E-state index contributed by atoms with van der Waals surface area (Å²) in [7, 11) is 1.63. The van der Waals surface area contributed by atoms with Crippen molar-refractivity contribution in [1.29, 1.82) is 0 Å². The summed E-state index contributed by atoms with van der Waals surface area (Å²) in [6.45, 7) is 0. The van der Waals surface area contributed by atoms with Crippen LogP contribution in [0.25, 0.3) is 33.2 Å². The van der Waals surface area contributed by atoms with Crippen LogP contribution in [0.15, 0.2) is 54.6 Å². The Labute approximate surface area is 127 Å². The van der Waals surface area contributed by atoms with Gasteiger partial charge in [-0.15, -0.1) is 0 Å². The number of nitrogens with one attached hydrogen (secondary N) is 1. The van der Waals surface area contributed by atoms with E-state index >= 15 is 0 Å². The summed E-state index contributed by atoms with van der Waals surface area (Å²) >= 11 is 0. The predicted molar refractivity (Wildman–Crippen MR) is 87.3 cm³/mol. The Morgan fingerprint density at radius 2 is 1.86 bits per heavy atom. The third kappa shape index (κ3) is 1.89. The molecule has 0 aliphatic carbocycles. The average molecular weight is 290 g/mol. The van der Waals surface area contributed by atoms with E-state index in [4.69, 9.17) is 4.74 Å². The molecule has 0 unspecified atom stereocenters. The van der Waals surface area contributed by atoms with Crippen LogP contribution in [0.5, 0.6) is 11.5 Å². The number of phenolic OH excluding ortho intramolecular Hbond substituents is 1. The number of hydrogen-bond donors (Lipinski definition) is 2. The molecule has 22 heavy (non-hydrogen) atoms. The molecule has 2 N–H and O–H groups in total. The molecule has 0 spiro atoms. The smallest absolute Gasteiger partial charge is 0.142 e. The highest BCUT2D eigenvalue weighted by Gasteiger charge is 2.14. The number of para-hydroxylation sites is 2. The van der Waals surface area contributed by atoms with Crippen molar-refractivity contribution in [3.63, 3.8) is 0 Å². The summed E-state index contributed by atoms with van der Waals surface area (Å²) < 4.78 is 5.30. The molecule has 0 aliphatic heterocycles. The normalized spacial score (nSPS) is 11.1. The quantitative estimate of drug-likeness (QED) is 0.584. The second kappa shape index (κ2) is 4.77. The largest absolute Gasteiger partial charge is 0.507 e. The molecule has 108 valence electrons. The van der Waals surface area contributed by atoms with E-state index in [1.165, 1.54) is 0 Å². The summed E-state index contributed by atoms with van der Waals surface area (Å²) in [5.74, 6) is 1.59. The van der Waals surface area contributed by atoms with E-state index in [-0.39, 0.29) is 5.75 Å². The summed E-state index contributed by atoms with van der Waals surface area (Å²) in [5, 5.41) is 12.3. The number of aromatic nitrogens is 2. The number of aromatic hydroxyl groups is 1. The van der Waals surface area contributed by atoms with Crippen molar-refractivity contribution in [1.82, 2.24) is 9.97 Å². The highest BCUT2D eigenvalue weighted by Crippen LogP contribution is 2.37. The molecule has 1 heterocycles. The van der Waals surface area contributed by atoms with E-state index in [9.17, 15) is 5.11 Å². The van der Waals surface area contributed by atoms with Gasteiger partial charge in [-0.1, -0.05) is 24.3 Å². The van der Waals surface area contributed by atoms with E-state index in [2.05, 4.69) is 9.97 Å². The highest BCUT2D eigenvalue weighted by molar-refractivity contribution is 6.00. The molecule has 4 heteroatoms. The van der Waals surface area contributed by atoms with Crippen molar-refractivity contribution in [3.8, 4) is 22.9 Å². The van der Waals surface area contributed by atoms with Gasteiger partial charge in [0.05, 0.1) is 23.7 Å². The number of rotatable bonds is 2. The molecule has 0 aliphatic rings. The van der Waals surface area contributed by atoms with Crippen molar-refractivity contribution < 1.29 is 9.84 Å². The van der Waals surface area contributed by atoms with Crippen LogP contribution >= 0.6 is 0 Å². The Morgan fingerprint density at radius 3 is 2.68 bits per heavy atom. The zero-order valence-electron chi connectivity index (χ0n) is 12.0. The Morgan fingerprint density at radius 1 is 1.05 bits per heavy atom. The maximum atomic E-state index is 10.3. The Balaban J connectivity index is 2.05. The molecule has 0 saturated heterocycles. The molecule has 0 atom stereocenters. The minimum absolute atomic E-state index is 0.194. The minimum atomic E-state index is 0.194. The maximum absolute atomic E-state index is 10.3. The Bertz CT molecular complexity index is 956. The van der Waals surface area contributed by atoms with Gasteiger partial charge in [0.1, 0.15) is 17.3 Å². The fourth-order valence-corrected chi connectivity index (χ4v) is 2.73. The van der Waals surface area contributed by atoms with Crippen LogP contribution in [-0.2, 0) is 0 Å². The molecular formula is C18H14N2O2. The summed E-state index contributed by atoms with van der Waals surface area (Å²) in [6, 6.07) is 17.2. The Kier molecular flexibility index (Phi) is 2.76. The van der Waals surface area contributed by atoms with Gasteiger partial charge in [0.2, 0.25) is 0 Å². The molecule has 3 aromatic carbocycles. The first kappa shape index (κ1) is 12.7. The molecule has 1 aromatic heterocycles. The molecule has 0 saturated carbocycles. The van der Waals surface area contributed by atoms with Gasteiger partial charge in [-0.05, 0) is 35.7 Å². The topological polar surface area (TPSA) is 58.1 Å². The summed E-state index contributed by atoms with van der Waals surface area (Å²) in [5.41, 5.74) is 2.50. The van der Waals surface area contributed by atoms with Crippen molar-refractivity contribution in [2.75, 3.05) is 7.11 Å². The lowest BCUT2D eigenvalue weighted by Crippen LogP contribution is -1.87. The van der Waals surface area contributed by atoms with Crippen LogP contribution in [0.4, 0.5) is 0 Å². The maximum Gasteiger partial charge on any atom is 0.142 e. The Hall–Kier alpha value is -3.01. The van der Waals surface area contributed by atoms with Crippen molar-refractivity contribution in [3.05, 3.63) is 54.6 Å². The molecule has 4 nitrogen and oxygen atoms in total. The van der Waals surface area contributed by atoms with Crippen molar-refractivity contribution in [2.24, 2.45) is 0 Å². The average Bonchev–Trinajstić information content (AvgIpc) is 2.97. The van der Waals surface area contributed by atoms with E-state index < -0.39 is 0 Å². The van der Waals surface area contributed by atoms with Gasteiger partial charge >= 0.3 is 0 Å². The van der Waals surface area contributed by atoms with Crippen LogP contribution in [0, 0.1) is 0 Å². The number of fused-ring (bicyclic) bond motifs is 2. The number of H-pyrrole nitrogens is 1. The van der Waals surface area contributed by atoms with Crippen LogP contribution in [0.1, 0.15) is 0 Å². The molecule has 0 amide bonds. The van der Waals surface area contributed by atoms with E-state index in [0.717, 1.165) is 27.6 Å². The SMILES string of the molecule is COc1ccc2ccc(O)c(-c3nc4ccccc4[nH]3)c2c1. The second-order valence-corrected chi connectivity index (χ2v) is 5.15. The predicted octanol–water partition coefficient (Wildman–Crippen LogP) is 4.10. The zero-order chi connectivity index (χ0) is 15.1. The number of aromatic amines is 1. The lowest BCUT2D eigenvalue weighted by Gasteiger charge is -2.08. The molecule has 0 fully saturated rings. The third-order valence-electron chi connectivity index (χ3n) is 3.83. The fraction of sp³-hybridized carbons (Fsp3) is 0.0556. The number of nitrogens with zero attached hydrogens (tertiary/aromatic N) is 1. The first-order valence-corrected chi connectivity index (χ1v) is 7.01. The third-order valence-corrected chi connectivity index (χ3v) is 3.83. The van der Waals surface area contributed by atoms with Crippen LogP contribution in [0.3, 0.4) is 0 Å². The molecule has 4 aromatic rings. The number of hydrogen-bond acceptors (Lipinski definition) is 3. The van der Waals surface area contributed by atoms with Gasteiger partial charge < -0.3 is 14.8 Å². The lowest BCUT2D eigenvalue weighted by atomic mass is 10.0. The first-order chi connectivity index (χ1) is 10.8. The minimum Gasteiger partial charge on any atom is -0.507 e. The summed E-state index contributed by atoms with van der Waals surface area (Å²) in [6.07, 6.45) is 0. The van der Waals surface area contributed by atoms with Crippen LogP contribution in [-0.4, -0.2) is 22.2 Å². The molecule has 4 rings (SSSR count). The second-order valence-electron chi connectivity index (χ2n) is 5.15. The van der Waals surface area contributed by atoms with Gasteiger partial charge in [0.25, 0.3) is 0 Å². The van der Waals surface area contributed by atoms with Gasteiger partial charge in [0, 0.05) is 5.39 Å². The summed E-state index contributed by atoms with van der Waals surface area (Å²) in [4.78, 5) is 7.86. The number of phenols is 1. The van der Waals surface area contributed by atoms with E-state index in [1.54, 1.807) is 13.2 Å². The van der Waals surface area contributed by atoms with Gasteiger partial charge in [-0.3, -0.25) is 0 Å². The molecule has 0 radical (unpaired) electrons. The van der Waals surface area contributed by atoms with E-state index in [0.29, 0.717) is 11.4 Å². The number of imidazole rings is 1. The molecule has 0 bridgehead atoms. The van der Waals surface area contributed by atoms with Gasteiger partial charge in [-0.25, -0.2) is 4.98 Å². The molecular weight excluding hydrogens is 276 g/mol. The monoisotopic (exact) mass is 290 g/mol. The lowest BCUT2D eigenvalue weighted by molar-refractivity contribution is 0.415.